The lowest BCUT2D eigenvalue weighted by molar-refractivity contribution is 0.178. The Balaban J connectivity index is 1.54. The van der Waals surface area contributed by atoms with Crippen molar-refractivity contribution < 1.29 is 24.1 Å². The van der Waals surface area contributed by atoms with Crippen LogP contribution in [0.1, 0.15) is 28.4 Å². The molecular weight excluding hydrogens is 418 g/mol. The van der Waals surface area contributed by atoms with E-state index < -0.39 is 6.10 Å². The first kappa shape index (κ1) is 23.0. The standard InChI is InChI=1S/C27H31NO5/c1-30-25-16-27(32-3)26(31-2)15-22(25)18-28-11-12-33-24-10-9-20(14-21(24)17-28)23(29)13-19-7-5-4-6-8-19/h4-10,14-16,23,29H,11-13,17-18H2,1-3H3/t23-/m0/s1. The highest BCUT2D eigenvalue weighted by Gasteiger charge is 2.20. The number of aliphatic hydroxyl groups is 1. The van der Waals surface area contributed by atoms with Crippen LogP contribution in [0, 0.1) is 0 Å². The molecule has 1 heterocycles. The summed E-state index contributed by atoms with van der Waals surface area (Å²) in [5.41, 5.74) is 4.08. The molecule has 1 aliphatic heterocycles. The van der Waals surface area contributed by atoms with Crippen LogP contribution in [0.25, 0.3) is 0 Å². The number of hydrogen-bond acceptors (Lipinski definition) is 6. The number of aliphatic hydroxyl groups excluding tert-OH is 1. The van der Waals surface area contributed by atoms with Gasteiger partial charge >= 0.3 is 0 Å². The Morgan fingerprint density at radius 3 is 2.36 bits per heavy atom. The summed E-state index contributed by atoms with van der Waals surface area (Å²) in [4.78, 5) is 2.31. The molecule has 0 spiro atoms. The van der Waals surface area contributed by atoms with E-state index in [-0.39, 0.29) is 0 Å². The van der Waals surface area contributed by atoms with Crippen molar-refractivity contribution in [2.45, 2.75) is 25.6 Å². The lowest BCUT2D eigenvalue weighted by atomic mass is 9.99. The van der Waals surface area contributed by atoms with E-state index >= 15 is 0 Å². The van der Waals surface area contributed by atoms with Crippen molar-refractivity contribution in [3.63, 3.8) is 0 Å². The average Bonchev–Trinajstić information content (AvgIpc) is 3.05. The van der Waals surface area contributed by atoms with Gasteiger partial charge in [0.05, 0.1) is 27.4 Å². The number of hydrogen-bond donors (Lipinski definition) is 1. The van der Waals surface area contributed by atoms with E-state index in [1.807, 2.05) is 54.6 Å². The first-order chi connectivity index (χ1) is 16.1. The molecule has 0 fully saturated rings. The van der Waals surface area contributed by atoms with Crippen molar-refractivity contribution in [1.82, 2.24) is 4.90 Å². The number of rotatable bonds is 8. The van der Waals surface area contributed by atoms with Gasteiger partial charge in [0, 0.05) is 43.2 Å². The summed E-state index contributed by atoms with van der Waals surface area (Å²) in [6.07, 6.45) is 0.00730. The fraction of sp³-hybridized carbons (Fsp3) is 0.333. The Bertz CT molecular complexity index is 1070. The molecule has 6 heteroatoms. The summed E-state index contributed by atoms with van der Waals surface area (Å²) in [5, 5.41) is 10.8. The normalized spacial score (nSPS) is 14.5. The Kier molecular flexibility index (Phi) is 7.37. The van der Waals surface area contributed by atoms with Gasteiger partial charge in [-0.3, -0.25) is 4.90 Å². The fourth-order valence-electron chi connectivity index (χ4n) is 4.22. The minimum absolute atomic E-state index is 0.569. The zero-order chi connectivity index (χ0) is 23.2. The van der Waals surface area contributed by atoms with Gasteiger partial charge in [-0.1, -0.05) is 36.4 Å². The summed E-state index contributed by atoms with van der Waals surface area (Å²) in [6.45, 7) is 2.74. The molecule has 174 valence electrons. The molecule has 1 N–H and O–H groups in total. The lowest BCUT2D eigenvalue weighted by Gasteiger charge is -2.22. The third-order valence-corrected chi connectivity index (χ3v) is 5.98. The van der Waals surface area contributed by atoms with Crippen LogP contribution in [0.15, 0.2) is 60.7 Å². The summed E-state index contributed by atoms with van der Waals surface area (Å²) in [5.74, 6) is 2.93. The predicted molar refractivity (Wildman–Crippen MR) is 127 cm³/mol. The highest BCUT2D eigenvalue weighted by molar-refractivity contribution is 5.51. The van der Waals surface area contributed by atoms with E-state index in [4.69, 9.17) is 18.9 Å². The highest BCUT2D eigenvalue weighted by Crippen LogP contribution is 2.36. The lowest BCUT2D eigenvalue weighted by Crippen LogP contribution is -2.25. The highest BCUT2D eigenvalue weighted by atomic mass is 16.5. The number of fused-ring (bicyclic) bond motifs is 1. The zero-order valence-electron chi connectivity index (χ0n) is 19.4. The van der Waals surface area contributed by atoms with Gasteiger partial charge in [0.1, 0.15) is 18.1 Å². The van der Waals surface area contributed by atoms with Gasteiger partial charge in [0.2, 0.25) is 0 Å². The Morgan fingerprint density at radius 1 is 0.909 bits per heavy atom. The van der Waals surface area contributed by atoms with Crippen molar-refractivity contribution in [2.24, 2.45) is 0 Å². The predicted octanol–water partition coefficient (Wildman–Crippen LogP) is 4.38. The molecule has 0 aliphatic carbocycles. The van der Waals surface area contributed by atoms with Crippen LogP contribution < -0.4 is 18.9 Å². The minimum atomic E-state index is -0.569. The van der Waals surface area contributed by atoms with E-state index in [0.717, 1.165) is 40.3 Å². The molecule has 3 aromatic carbocycles. The smallest absolute Gasteiger partial charge is 0.164 e. The minimum Gasteiger partial charge on any atom is -0.496 e. The molecule has 33 heavy (non-hydrogen) atoms. The van der Waals surface area contributed by atoms with E-state index in [1.54, 1.807) is 21.3 Å². The number of benzene rings is 3. The molecule has 0 unspecified atom stereocenters. The molecule has 0 aromatic heterocycles. The van der Waals surface area contributed by atoms with Crippen LogP contribution in [-0.4, -0.2) is 44.5 Å². The largest absolute Gasteiger partial charge is 0.496 e. The SMILES string of the molecule is COc1cc(OC)c(OC)cc1CN1CCOc2ccc([C@@H](O)Cc3ccccc3)cc2C1. The summed E-state index contributed by atoms with van der Waals surface area (Å²) in [7, 11) is 4.91. The van der Waals surface area contributed by atoms with Crippen LogP contribution in [0.2, 0.25) is 0 Å². The second-order valence-corrected chi connectivity index (χ2v) is 8.15. The van der Waals surface area contributed by atoms with Gasteiger partial charge in [-0.25, -0.2) is 0 Å². The Hall–Kier alpha value is -3.22. The van der Waals surface area contributed by atoms with Gasteiger partial charge in [-0.2, -0.15) is 0 Å². The third-order valence-electron chi connectivity index (χ3n) is 5.98. The molecule has 0 saturated heterocycles. The first-order valence-corrected chi connectivity index (χ1v) is 11.1. The maximum atomic E-state index is 10.8. The molecule has 4 rings (SSSR count). The van der Waals surface area contributed by atoms with E-state index in [0.29, 0.717) is 37.6 Å². The molecule has 0 bridgehead atoms. The van der Waals surface area contributed by atoms with E-state index in [2.05, 4.69) is 11.0 Å². The van der Waals surface area contributed by atoms with Crippen LogP contribution in [0.3, 0.4) is 0 Å². The maximum absolute atomic E-state index is 10.8. The Labute approximate surface area is 195 Å². The molecule has 0 saturated carbocycles. The van der Waals surface area contributed by atoms with Crippen molar-refractivity contribution in [3.8, 4) is 23.0 Å². The molecule has 1 atom stereocenters. The van der Waals surface area contributed by atoms with Gasteiger partial charge in [0.15, 0.2) is 11.5 Å². The summed E-state index contributed by atoms with van der Waals surface area (Å²) in [6, 6.07) is 19.9. The average molecular weight is 450 g/mol. The zero-order valence-corrected chi connectivity index (χ0v) is 19.4. The van der Waals surface area contributed by atoms with Gasteiger partial charge in [-0.05, 0) is 29.3 Å². The summed E-state index contributed by atoms with van der Waals surface area (Å²) >= 11 is 0. The molecule has 3 aromatic rings. The van der Waals surface area contributed by atoms with Crippen molar-refractivity contribution in [1.29, 1.82) is 0 Å². The fourth-order valence-corrected chi connectivity index (χ4v) is 4.22. The number of nitrogens with zero attached hydrogens (tertiary/aromatic N) is 1. The molecule has 0 amide bonds. The Morgan fingerprint density at radius 2 is 1.64 bits per heavy atom. The van der Waals surface area contributed by atoms with Crippen molar-refractivity contribution >= 4 is 0 Å². The quantitative estimate of drug-likeness (QED) is 0.551. The first-order valence-electron chi connectivity index (χ1n) is 11.1. The van der Waals surface area contributed by atoms with Gasteiger partial charge < -0.3 is 24.1 Å². The molecular formula is C27H31NO5. The van der Waals surface area contributed by atoms with Crippen LogP contribution >= 0.6 is 0 Å². The second-order valence-electron chi connectivity index (χ2n) is 8.15. The second kappa shape index (κ2) is 10.6. The molecule has 0 radical (unpaired) electrons. The van der Waals surface area contributed by atoms with Gasteiger partial charge in [-0.15, -0.1) is 0 Å². The van der Waals surface area contributed by atoms with Crippen molar-refractivity contribution in [3.05, 3.63) is 82.9 Å². The van der Waals surface area contributed by atoms with E-state index in [1.165, 1.54) is 0 Å². The summed E-state index contributed by atoms with van der Waals surface area (Å²) < 4.78 is 22.5. The third kappa shape index (κ3) is 5.41. The van der Waals surface area contributed by atoms with Crippen LogP contribution in [0.4, 0.5) is 0 Å². The molecule has 6 nitrogen and oxygen atoms in total. The maximum Gasteiger partial charge on any atom is 0.164 e. The van der Waals surface area contributed by atoms with Crippen molar-refractivity contribution in [2.75, 3.05) is 34.5 Å². The monoisotopic (exact) mass is 449 g/mol. The van der Waals surface area contributed by atoms with E-state index in [9.17, 15) is 5.11 Å². The van der Waals surface area contributed by atoms with Crippen LogP contribution in [-0.2, 0) is 19.5 Å². The number of methoxy groups -OCH3 is 3. The van der Waals surface area contributed by atoms with Gasteiger partial charge in [0.25, 0.3) is 0 Å². The topological polar surface area (TPSA) is 60.4 Å². The number of ether oxygens (including phenoxy) is 4. The molecule has 1 aliphatic rings. The van der Waals surface area contributed by atoms with Crippen LogP contribution in [0.5, 0.6) is 23.0 Å².